The maximum atomic E-state index is 10.7. The van der Waals surface area contributed by atoms with Gasteiger partial charge in [0.1, 0.15) is 6.20 Å². The third-order valence-electron chi connectivity index (χ3n) is 2.17. The van der Waals surface area contributed by atoms with Crippen LogP contribution in [0.4, 0.5) is 11.5 Å². The van der Waals surface area contributed by atoms with Crippen LogP contribution < -0.4 is 5.32 Å². The quantitative estimate of drug-likeness (QED) is 0.494. The Hall–Kier alpha value is -1.47. The van der Waals surface area contributed by atoms with E-state index >= 15 is 0 Å². The Morgan fingerprint density at radius 1 is 1.65 bits per heavy atom. The first-order valence-electron chi connectivity index (χ1n) is 4.81. The van der Waals surface area contributed by atoms with Crippen molar-refractivity contribution in [1.82, 2.24) is 9.97 Å². The number of aromatic nitrogens is 2. The number of hydrogen-bond acceptors (Lipinski definition) is 6. The topological polar surface area (TPSA) is 90.2 Å². The van der Waals surface area contributed by atoms with Gasteiger partial charge in [-0.05, 0) is 25.4 Å². The predicted molar refractivity (Wildman–Crippen MR) is 63.3 cm³/mol. The molecule has 0 aliphatic rings. The lowest BCUT2D eigenvalue weighted by molar-refractivity contribution is -0.384. The third kappa shape index (κ3) is 3.79. The largest absolute Gasteiger partial charge is 0.377 e. The summed E-state index contributed by atoms with van der Waals surface area (Å²) in [7, 11) is 1.56. The van der Waals surface area contributed by atoms with Gasteiger partial charge in [0.05, 0.1) is 10.5 Å². The monoisotopic (exact) mass is 260 g/mol. The van der Waals surface area contributed by atoms with E-state index in [9.17, 15) is 10.1 Å². The molecule has 1 heterocycles. The van der Waals surface area contributed by atoms with Crippen molar-refractivity contribution in [2.45, 2.75) is 19.4 Å². The van der Waals surface area contributed by atoms with Crippen LogP contribution in [0.2, 0.25) is 5.28 Å². The fraction of sp³-hybridized carbons (Fsp3) is 0.556. The minimum atomic E-state index is -0.571. The molecule has 0 atom stereocenters. The molecule has 0 aliphatic carbocycles. The van der Waals surface area contributed by atoms with Gasteiger partial charge in [0, 0.05) is 13.7 Å². The molecule has 0 saturated heterocycles. The Morgan fingerprint density at radius 3 is 2.82 bits per heavy atom. The number of halogens is 1. The van der Waals surface area contributed by atoms with Crippen molar-refractivity contribution >= 4 is 23.1 Å². The molecule has 1 rings (SSSR count). The van der Waals surface area contributed by atoms with Crippen LogP contribution in [0.5, 0.6) is 0 Å². The molecular weight excluding hydrogens is 248 g/mol. The maximum Gasteiger partial charge on any atom is 0.329 e. The molecule has 1 N–H and O–H groups in total. The molecular formula is C9H13ClN4O3. The Balaban J connectivity index is 2.89. The second kappa shape index (κ2) is 5.24. The Labute approximate surface area is 103 Å². The zero-order valence-electron chi connectivity index (χ0n) is 9.73. The number of nitrogens with zero attached hydrogens (tertiary/aromatic N) is 3. The number of nitrogens with one attached hydrogen (secondary N) is 1. The van der Waals surface area contributed by atoms with Crippen molar-refractivity contribution in [2.75, 3.05) is 19.0 Å². The average Bonchev–Trinajstić information content (AvgIpc) is 2.26. The lowest BCUT2D eigenvalue weighted by Gasteiger charge is -2.23. The van der Waals surface area contributed by atoms with Gasteiger partial charge >= 0.3 is 5.69 Å². The highest BCUT2D eigenvalue weighted by molar-refractivity contribution is 6.28. The molecule has 1 aromatic rings. The van der Waals surface area contributed by atoms with Gasteiger partial charge < -0.3 is 10.1 Å². The van der Waals surface area contributed by atoms with Crippen LogP contribution in [0.25, 0.3) is 0 Å². The molecule has 0 spiro atoms. The number of methoxy groups -OCH3 is 1. The normalized spacial score (nSPS) is 11.3. The average molecular weight is 261 g/mol. The van der Waals surface area contributed by atoms with Crippen molar-refractivity contribution in [1.29, 1.82) is 0 Å². The van der Waals surface area contributed by atoms with Gasteiger partial charge in [-0.25, -0.2) is 4.98 Å². The van der Waals surface area contributed by atoms with Crippen molar-refractivity contribution in [3.05, 3.63) is 21.6 Å². The molecule has 0 amide bonds. The summed E-state index contributed by atoms with van der Waals surface area (Å²) in [5, 5.41) is 13.5. The van der Waals surface area contributed by atoms with Crippen LogP contribution in [-0.4, -0.2) is 34.1 Å². The summed E-state index contributed by atoms with van der Waals surface area (Å²) < 4.78 is 5.18. The summed E-state index contributed by atoms with van der Waals surface area (Å²) in [6.07, 6.45) is 1.07. The first-order valence-corrected chi connectivity index (χ1v) is 5.19. The molecule has 0 fully saturated rings. The van der Waals surface area contributed by atoms with Crippen LogP contribution in [0.15, 0.2) is 6.20 Å². The Morgan fingerprint density at radius 2 is 2.29 bits per heavy atom. The number of ether oxygens (including phenoxy) is 1. The van der Waals surface area contributed by atoms with Crippen molar-refractivity contribution in [2.24, 2.45) is 0 Å². The molecule has 0 saturated carbocycles. The number of rotatable bonds is 5. The molecule has 8 heteroatoms. The first-order chi connectivity index (χ1) is 7.85. The highest BCUT2D eigenvalue weighted by Gasteiger charge is 2.21. The highest BCUT2D eigenvalue weighted by atomic mass is 35.5. The van der Waals surface area contributed by atoms with Gasteiger partial charge in [0.25, 0.3) is 0 Å². The summed E-state index contributed by atoms with van der Waals surface area (Å²) >= 11 is 5.59. The number of anilines is 1. The molecule has 17 heavy (non-hydrogen) atoms. The molecule has 0 unspecified atom stereocenters. The third-order valence-corrected chi connectivity index (χ3v) is 2.35. The van der Waals surface area contributed by atoms with Gasteiger partial charge in [-0.15, -0.1) is 0 Å². The minimum Gasteiger partial charge on any atom is -0.377 e. The molecule has 0 aromatic carbocycles. The molecule has 0 bridgehead atoms. The minimum absolute atomic E-state index is 0.0478. The zero-order valence-corrected chi connectivity index (χ0v) is 10.5. The number of hydrogen-bond donors (Lipinski definition) is 1. The smallest absolute Gasteiger partial charge is 0.329 e. The lowest BCUT2D eigenvalue weighted by atomic mass is 10.1. The van der Waals surface area contributed by atoms with Crippen molar-refractivity contribution < 1.29 is 9.66 Å². The van der Waals surface area contributed by atoms with Gasteiger partial charge in [-0.1, -0.05) is 0 Å². The Kier molecular flexibility index (Phi) is 4.19. The summed E-state index contributed by atoms with van der Waals surface area (Å²) in [6.45, 7) is 4.04. The first kappa shape index (κ1) is 13.6. The van der Waals surface area contributed by atoms with Crippen molar-refractivity contribution in [3.8, 4) is 0 Å². The summed E-state index contributed by atoms with van der Waals surface area (Å²) in [4.78, 5) is 17.5. The van der Waals surface area contributed by atoms with Crippen molar-refractivity contribution in [3.63, 3.8) is 0 Å². The van der Waals surface area contributed by atoms with E-state index in [-0.39, 0.29) is 16.8 Å². The predicted octanol–water partition coefficient (Wildman–Crippen LogP) is 1.88. The second-order valence-corrected chi connectivity index (χ2v) is 4.29. The van der Waals surface area contributed by atoms with Crippen LogP contribution in [0.1, 0.15) is 13.8 Å². The van der Waals surface area contributed by atoms with Crippen LogP contribution in [-0.2, 0) is 4.74 Å². The standard InChI is InChI=1S/C9H13ClN4O3/c1-9(2,17-3)5-12-7-6(14(15)16)4-11-8(10)13-7/h4H,5H2,1-3H3,(H,11,12,13). The molecule has 7 nitrogen and oxygen atoms in total. The molecule has 94 valence electrons. The van der Waals surface area contributed by atoms with E-state index in [0.29, 0.717) is 6.54 Å². The highest BCUT2D eigenvalue weighted by Crippen LogP contribution is 2.22. The van der Waals surface area contributed by atoms with E-state index < -0.39 is 10.5 Å². The van der Waals surface area contributed by atoms with E-state index in [4.69, 9.17) is 16.3 Å². The van der Waals surface area contributed by atoms with Crippen LogP contribution in [0.3, 0.4) is 0 Å². The fourth-order valence-corrected chi connectivity index (χ4v) is 1.12. The van der Waals surface area contributed by atoms with Crippen LogP contribution in [0, 0.1) is 10.1 Å². The zero-order chi connectivity index (χ0) is 13.1. The molecule has 0 aliphatic heterocycles. The Bertz CT molecular complexity index is 425. The van der Waals surface area contributed by atoms with E-state index in [2.05, 4.69) is 15.3 Å². The van der Waals surface area contributed by atoms with Gasteiger partial charge in [0.15, 0.2) is 0 Å². The van der Waals surface area contributed by atoms with Crippen LogP contribution >= 0.6 is 11.6 Å². The maximum absolute atomic E-state index is 10.7. The SMILES string of the molecule is COC(C)(C)CNc1nc(Cl)ncc1[N+](=O)[O-]. The van der Waals surface area contributed by atoms with Gasteiger partial charge in [-0.3, -0.25) is 10.1 Å². The second-order valence-electron chi connectivity index (χ2n) is 3.95. The lowest BCUT2D eigenvalue weighted by Crippen LogP contribution is -2.32. The van der Waals surface area contributed by atoms with Gasteiger partial charge in [-0.2, -0.15) is 4.98 Å². The fourth-order valence-electron chi connectivity index (χ4n) is 0.986. The van der Waals surface area contributed by atoms with Gasteiger partial charge in [0.2, 0.25) is 11.1 Å². The summed E-state index contributed by atoms with van der Waals surface area (Å²) in [6, 6.07) is 0. The molecule has 0 radical (unpaired) electrons. The van der Waals surface area contributed by atoms with E-state index in [0.717, 1.165) is 6.20 Å². The molecule has 1 aromatic heterocycles. The van der Waals surface area contributed by atoms with E-state index in [1.165, 1.54) is 0 Å². The number of nitro groups is 1. The van der Waals surface area contributed by atoms with E-state index in [1.807, 2.05) is 13.8 Å². The van der Waals surface area contributed by atoms with E-state index in [1.54, 1.807) is 7.11 Å². The summed E-state index contributed by atoms with van der Waals surface area (Å²) in [5.74, 6) is 0.0834. The summed E-state index contributed by atoms with van der Waals surface area (Å²) in [5.41, 5.74) is -0.688.